The monoisotopic (exact) mass is 302 g/mol. The van der Waals surface area contributed by atoms with Crippen molar-refractivity contribution in [1.29, 1.82) is 0 Å². The summed E-state index contributed by atoms with van der Waals surface area (Å²) in [5.41, 5.74) is 0. The molecule has 1 unspecified atom stereocenters. The first-order valence-corrected chi connectivity index (χ1v) is 7.12. The molecule has 2 heterocycles. The molecule has 3 nitrogen and oxygen atoms in total. The second-order valence-corrected chi connectivity index (χ2v) is 6.44. The van der Waals surface area contributed by atoms with E-state index in [9.17, 15) is 4.79 Å². The van der Waals surface area contributed by atoms with Crippen molar-refractivity contribution >= 4 is 33.2 Å². The number of hydrogen-bond donors (Lipinski definition) is 2. The SMILES string of the molecule is O=C(NCCc1ccc(Br)s1)C1CCCN1. The van der Waals surface area contributed by atoms with Gasteiger partial charge in [0.15, 0.2) is 0 Å². The van der Waals surface area contributed by atoms with Crippen molar-refractivity contribution in [2.75, 3.05) is 13.1 Å². The van der Waals surface area contributed by atoms with Crippen LogP contribution in [0.2, 0.25) is 0 Å². The van der Waals surface area contributed by atoms with Crippen molar-refractivity contribution in [1.82, 2.24) is 10.6 Å². The molecular weight excluding hydrogens is 288 g/mol. The van der Waals surface area contributed by atoms with Gasteiger partial charge in [-0.25, -0.2) is 0 Å². The van der Waals surface area contributed by atoms with E-state index in [4.69, 9.17) is 0 Å². The van der Waals surface area contributed by atoms with Gasteiger partial charge in [-0.15, -0.1) is 11.3 Å². The Morgan fingerprint density at radius 3 is 3.12 bits per heavy atom. The number of thiophene rings is 1. The molecule has 1 atom stereocenters. The lowest BCUT2D eigenvalue weighted by molar-refractivity contribution is -0.122. The summed E-state index contributed by atoms with van der Waals surface area (Å²) in [7, 11) is 0. The number of nitrogens with one attached hydrogen (secondary N) is 2. The molecule has 1 fully saturated rings. The highest BCUT2D eigenvalue weighted by molar-refractivity contribution is 9.11. The molecule has 0 radical (unpaired) electrons. The van der Waals surface area contributed by atoms with Crippen LogP contribution in [0.15, 0.2) is 15.9 Å². The van der Waals surface area contributed by atoms with E-state index < -0.39 is 0 Å². The zero-order valence-electron chi connectivity index (χ0n) is 8.96. The summed E-state index contributed by atoms with van der Waals surface area (Å²) in [5, 5.41) is 6.16. The lowest BCUT2D eigenvalue weighted by Gasteiger charge is -2.10. The molecule has 5 heteroatoms. The molecular formula is C11H15BrN2OS. The smallest absolute Gasteiger partial charge is 0.237 e. The van der Waals surface area contributed by atoms with Gasteiger partial charge in [0.2, 0.25) is 5.91 Å². The fourth-order valence-corrected chi connectivity index (χ4v) is 3.31. The molecule has 0 aromatic carbocycles. The average Bonchev–Trinajstić information content (AvgIpc) is 2.89. The highest BCUT2D eigenvalue weighted by Crippen LogP contribution is 2.22. The fourth-order valence-electron chi connectivity index (χ4n) is 1.83. The number of rotatable bonds is 4. The molecule has 0 aliphatic carbocycles. The Bertz CT molecular complexity index is 361. The molecule has 1 amide bonds. The maximum absolute atomic E-state index is 11.7. The molecule has 1 aliphatic heterocycles. The highest BCUT2D eigenvalue weighted by Gasteiger charge is 2.21. The average molecular weight is 303 g/mol. The topological polar surface area (TPSA) is 41.1 Å². The van der Waals surface area contributed by atoms with Crippen LogP contribution in [0.1, 0.15) is 17.7 Å². The van der Waals surface area contributed by atoms with Gasteiger partial charge in [-0.1, -0.05) is 0 Å². The van der Waals surface area contributed by atoms with Crippen LogP contribution in [0.3, 0.4) is 0 Å². The minimum absolute atomic E-state index is 0.0371. The summed E-state index contributed by atoms with van der Waals surface area (Å²) in [5.74, 6) is 0.146. The first-order valence-electron chi connectivity index (χ1n) is 5.51. The minimum Gasteiger partial charge on any atom is -0.354 e. The summed E-state index contributed by atoms with van der Waals surface area (Å²) in [6.45, 7) is 1.69. The third kappa shape index (κ3) is 3.30. The first kappa shape index (κ1) is 12.1. The van der Waals surface area contributed by atoms with Crippen molar-refractivity contribution in [2.24, 2.45) is 0 Å². The molecule has 1 aromatic rings. The van der Waals surface area contributed by atoms with E-state index >= 15 is 0 Å². The number of hydrogen-bond acceptors (Lipinski definition) is 3. The van der Waals surface area contributed by atoms with E-state index in [0.29, 0.717) is 0 Å². The van der Waals surface area contributed by atoms with Gasteiger partial charge in [0.1, 0.15) is 0 Å². The van der Waals surface area contributed by atoms with Gasteiger partial charge < -0.3 is 10.6 Å². The number of halogens is 1. The van der Waals surface area contributed by atoms with E-state index in [1.807, 2.05) is 6.07 Å². The summed E-state index contributed by atoms with van der Waals surface area (Å²) in [6.07, 6.45) is 2.99. The summed E-state index contributed by atoms with van der Waals surface area (Å²) in [6, 6.07) is 4.17. The van der Waals surface area contributed by atoms with Crippen molar-refractivity contribution in [3.05, 3.63) is 20.8 Å². The molecule has 88 valence electrons. The van der Waals surface area contributed by atoms with Crippen LogP contribution in [0.4, 0.5) is 0 Å². The van der Waals surface area contributed by atoms with E-state index in [2.05, 4.69) is 32.6 Å². The molecule has 1 aromatic heterocycles. The van der Waals surface area contributed by atoms with Crippen LogP contribution in [0.5, 0.6) is 0 Å². The van der Waals surface area contributed by atoms with E-state index in [-0.39, 0.29) is 11.9 Å². The van der Waals surface area contributed by atoms with Gasteiger partial charge >= 0.3 is 0 Å². The highest BCUT2D eigenvalue weighted by atomic mass is 79.9. The van der Waals surface area contributed by atoms with Gasteiger partial charge in [-0.05, 0) is 53.9 Å². The minimum atomic E-state index is 0.0371. The number of carbonyl (C=O) groups excluding carboxylic acids is 1. The van der Waals surface area contributed by atoms with Gasteiger partial charge in [0.25, 0.3) is 0 Å². The zero-order valence-corrected chi connectivity index (χ0v) is 11.4. The standard InChI is InChI=1S/C11H15BrN2OS/c12-10-4-3-8(16-10)5-7-14-11(15)9-2-1-6-13-9/h3-4,9,13H,1-2,5-7H2,(H,14,15). The molecule has 0 saturated carbocycles. The van der Waals surface area contributed by atoms with Gasteiger partial charge in [-0.3, -0.25) is 4.79 Å². The van der Waals surface area contributed by atoms with Crippen LogP contribution in [0.25, 0.3) is 0 Å². The summed E-state index contributed by atoms with van der Waals surface area (Å²) < 4.78 is 1.14. The van der Waals surface area contributed by atoms with Gasteiger partial charge in [-0.2, -0.15) is 0 Å². The summed E-state index contributed by atoms with van der Waals surface area (Å²) >= 11 is 5.15. The van der Waals surface area contributed by atoms with Crippen molar-refractivity contribution in [2.45, 2.75) is 25.3 Å². The predicted octanol–water partition coefficient (Wildman–Crippen LogP) is 1.92. The second-order valence-electron chi connectivity index (χ2n) is 3.90. The van der Waals surface area contributed by atoms with Gasteiger partial charge in [0.05, 0.1) is 9.83 Å². The Kier molecular flexibility index (Phi) is 4.37. The van der Waals surface area contributed by atoms with E-state index in [1.54, 1.807) is 11.3 Å². The largest absolute Gasteiger partial charge is 0.354 e. The quantitative estimate of drug-likeness (QED) is 0.892. The van der Waals surface area contributed by atoms with Crippen LogP contribution >= 0.6 is 27.3 Å². The Labute approximate surface area is 108 Å². The normalized spacial score (nSPS) is 19.9. The third-order valence-electron chi connectivity index (χ3n) is 2.68. The van der Waals surface area contributed by atoms with E-state index in [1.165, 1.54) is 4.88 Å². The molecule has 2 rings (SSSR count). The zero-order chi connectivity index (χ0) is 11.4. The van der Waals surface area contributed by atoms with Crippen molar-refractivity contribution in [3.8, 4) is 0 Å². The van der Waals surface area contributed by atoms with Crippen LogP contribution in [0, 0.1) is 0 Å². The first-order chi connectivity index (χ1) is 7.75. The molecule has 1 aliphatic rings. The van der Waals surface area contributed by atoms with Crippen molar-refractivity contribution in [3.63, 3.8) is 0 Å². The maximum Gasteiger partial charge on any atom is 0.237 e. The van der Waals surface area contributed by atoms with Crippen LogP contribution in [-0.4, -0.2) is 25.0 Å². The van der Waals surface area contributed by atoms with Crippen LogP contribution < -0.4 is 10.6 Å². The summed E-state index contributed by atoms with van der Waals surface area (Å²) in [4.78, 5) is 13.0. The Hall–Kier alpha value is -0.390. The van der Waals surface area contributed by atoms with E-state index in [0.717, 1.165) is 36.1 Å². The Morgan fingerprint density at radius 1 is 1.62 bits per heavy atom. The van der Waals surface area contributed by atoms with Crippen molar-refractivity contribution < 1.29 is 4.79 Å². The lowest BCUT2D eigenvalue weighted by atomic mass is 10.2. The maximum atomic E-state index is 11.7. The fraction of sp³-hybridized carbons (Fsp3) is 0.545. The molecule has 2 N–H and O–H groups in total. The van der Waals surface area contributed by atoms with Gasteiger partial charge in [0, 0.05) is 11.4 Å². The predicted molar refractivity (Wildman–Crippen MR) is 69.8 cm³/mol. The lowest BCUT2D eigenvalue weighted by Crippen LogP contribution is -2.41. The van der Waals surface area contributed by atoms with Crippen LogP contribution in [-0.2, 0) is 11.2 Å². The molecule has 1 saturated heterocycles. The molecule has 0 bridgehead atoms. The third-order valence-corrected chi connectivity index (χ3v) is 4.36. The Morgan fingerprint density at radius 2 is 2.50 bits per heavy atom. The Balaban J connectivity index is 1.69. The second kappa shape index (κ2) is 5.80. The molecule has 16 heavy (non-hydrogen) atoms. The number of amides is 1. The molecule has 0 spiro atoms. The number of carbonyl (C=O) groups is 1.